The van der Waals surface area contributed by atoms with Crippen molar-refractivity contribution in [2.45, 2.75) is 101 Å². The van der Waals surface area contributed by atoms with Gasteiger partial charge >= 0.3 is 0 Å². The lowest BCUT2D eigenvalue weighted by Gasteiger charge is -2.17. The first-order chi connectivity index (χ1) is 19.5. The lowest BCUT2D eigenvalue weighted by Crippen LogP contribution is -2.26. The Morgan fingerprint density at radius 3 is 2.34 bits per heavy atom. The van der Waals surface area contributed by atoms with Crippen LogP contribution in [0.15, 0.2) is 75.1 Å². The lowest BCUT2D eigenvalue weighted by atomic mass is 9.84. The van der Waals surface area contributed by atoms with E-state index in [1.54, 1.807) is 18.2 Å². The van der Waals surface area contributed by atoms with Crippen molar-refractivity contribution in [1.29, 1.82) is 5.41 Å². The molecule has 0 aliphatic carbocycles. The molecule has 224 valence electrons. The monoisotopic (exact) mass is 564 g/mol. The van der Waals surface area contributed by atoms with E-state index in [9.17, 15) is 9.18 Å². The zero-order valence-corrected chi connectivity index (χ0v) is 26.5. The van der Waals surface area contributed by atoms with Crippen molar-refractivity contribution in [3.8, 4) is 0 Å². The second-order valence-corrected chi connectivity index (χ2v) is 10.5. The zero-order valence-electron chi connectivity index (χ0n) is 26.5. The minimum absolute atomic E-state index is 0.0615. The minimum atomic E-state index is -0.637. The molecular formula is C34H49FN4O2. The summed E-state index contributed by atoms with van der Waals surface area (Å²) < 4.78 is 17.9. The van der Waals surface area contributed by atoms with Gasteiger partial charge < -0.3 is 9.84 Å². The summed E-state index contributed by atoms with van der Waals surface area (Å²) in [5, 5.41) is 15.3. The molecule has 7 heteroatoms. The number of benzene rings is 1. The molecule has 1 fully saturated rings. The maximum atomic E-state index is 13.0. The summed E-state index contributed by atoms with van der Waals surface area (Å²) >= 11 is 0. The molecule has 2 N–H and O–H groups in total. The van der Waals surface area contributed by atoms with Crippen molar-refractivity contribution in [1.82, 2.24) is 10.5 Å². The highest BCUT2D eigenvalue weighted by atomic mass is 19.1. The van der Waals surface area contributed by atoms with E-state index in [4.69, 9.17) is 9.93 Å². The van der Waals surface area contributed by atoms with Crippen LogP contribution in [0, 0.1) is 16.6 Å². The van der Waals surface area contributed by atoms with Crippen LogP contribution in [0.25, 0.3) is 5.57 Å². The van der Waals surface area contributed by atoms with Gasteiger partial charge in [-0.15, -0.1) is 0 Å². The van der Waals surface area contributed by atoms with Crippen molar-refractivity contribution in [3.63, 3.8) is 0 Å². The van der Waals surface area contributed by atoms with Crippen LogP contribution in [0.3, 0.4) is 0 Å². The average Bonchev–Trinajstić information content (AvgIpc) is 3.55. The quantitative estimate of drug-likeness (QED) is 0.222. The zero-order chi connectivity index (χ0) is 31.0. The molecule has 1 aromatic heterocycles. The molecule has 6 nitrogen and oxygen atoms in total. The highest BCUT2D eigenvalue weighted by Crippen LogP contribution is 2.35. The van der Waals surface area contributed by atoms with Crippen LogP contribution in [0.5, 0.6) is 0 Å². The van der Waals surface area contributed by atoms with Gasteiger partial charge in [-0.3, -0.25) is 10.2 Å². The third-order valence-corrected chi connectivity index (χ3v) is 6.51. The van der Waals surface area contributed by atoms with E-state index < -0.39 is 5.41 Å². The van der Waals surface area contributed by atoms with E-state index in [-0.39, 0.29) is 17.4 Å². The fourth-order valence-corrected chi connectivity index (χ4v) is 4.35. The van der Waals surface area contributed by atoms with Gasteiger partial charge in [0.1, 0.15) is 23.6 Å². The fourth-order valence-electron chi connectivity index (χ4n) is 4.35. The Bertz CT molecular complexity index is 1250. The van der Waals surface area contributed by atoms with Gasteiger partial charge in [0, 0.05) is 11.6 Å². The summed E-state index contributed by atoms with van der Waals surface area (Å²) in [4.78, 5) is 17.1. The highest BCUT2D eigenvalue weighted by Gasteiger charge is 2.42. The number of nitrogens with zero attached hydrogens (tertiary/aromatic N) is 2. The van der Waals surface area contributed by atoms with Gasteiger partial charge in [0.15, 0.2) is 0 Å². The molecule has 0 unspecified atom stereocenters. The lowest BCUT2D eigenvalue weighted by molar-refractivity contribution is -0.124. The molecule has 0 radical (unpaired) electrons. The molecule has 0 bridgehead atoms. The molecule has 1 aromatic carbocycles. The smallest absolute Gasteiger partial charge is 0.235 e. The van der Waals surface area contributed by atoms with Crippen molar-refractivity contribution < 1.29 is 13.7 Å². The summed E-state index contributed by atoms with van der Waals surface area (Å²) in [6.07, 6.45) is 11.2. The molecule has 1 aliphatic rings. The van der Waals surface area contributed by atoms with E-state index in [0.717, 1.165) is 48.0 Å². The van der Waals surface area contributed by atoms with Gasteiger partial charge in [-0.1, -0.05) is 82.0 Å². The van der Waals surface area contributed by atoms with Crippen LogP contribution in [-0.2, 0) is 11.2 Å². The summed E-state index contributed by atoms with van der Waals surface area (Å²) in [7, 11) is 0. The molecule has 1 saturated heterocycles. The summed E-state index contributed by atoms with van der Waals surface area (Å²) in [5.74, 6) is 0.395. The first-order valence-electron chi connectivity index (χ1n) is 14.7. The number of hydrogen-bond donors (Lipinski definition) is 2. The first kappa shape index (κ1) is 35.4. The number of aliphatic imine (C=N–C) groups is 1. The topological polar surface area (TPSA) is 91.3 Å². The van der Waals surface area contributed by atoms with Gasteiger partial charge in [0.2, 0.25) is 5.91 Å². The SMILES string of the molecule is CC.CCC/C=C(\N=C1NC(=O)C(C)(C)C1=C(C)C)C(=N)/C=C(\C)c1ccon1.CCCCCc1ccccc1F. The maximum Gasteiger partial charge on any atom is 0.235 e. The molecule has 1 amide bonds. The Morgan fingerprint density at radius 1 is 1.10 bits per heavy atom. The number of amidine groups is 1. The summed E-state index contributed by atoms with van der Waals surface area (Å²) in [6, 6.07) is 8.77. The molecule has 1 aliphatic heterocycles. The number of aryl methyl sites for hydroxylation is 1. The third kappa shape index (κ3) is 10.7. The number of amides is 1. The number of carbonyl (C=O) groups excluding carboxylic acids is 1. The van der Waals surface area contributed by atoms with Crippen LogP contribution in [-0.4, -0.2) is 22.6 Å². The van der Waals surface area contributed by atoms with E-state index in [2.05, 4.69) is 29.3 Å². The van der Waals surface area contributed by atoms with Crippen LogP contribution in [0.2, 0.25) is 0 Å². The predicted molar refractivity (Wildman–Crippen MR) is 170 cm³/mol. The molecule has 2 aromatic rings. The number of nitrogens with one attached hydrogen (secondary N) is 2. The third-order valence-electron chi connectivity index (χ3n) is 6.51. The normalized spacial score (nSPS) is 15.5. The molecule has 0 saturated carbocycles. The van der Waals surface area contributed by atoms with E-state index in [1.165, 1.54) is 25.2 Å². The van der Waals surface area contributed by atoms with Gasteiger partial charge in [-0.2, -0.15) is 0 Å². The summed E-state index contributed by atoms with van der Waals surface area (Å²) in [6.45, 7) is 17.8. The number of aromatic nitrogens is 1. The highest BCUT2D eigenvalue weighted by molar-refractivity contribution is 6.21. The molecular weight excluding hydrogens is 515 g/mol. The van der Waals surface area contributed by atoms with E-state index in [0.29, 0.717) is 17.2 Å². The Morgan fingerprint density at radius 2 is 1.78 bits per heavy atom. The molecule has 3 rings (SSSR count). The average molecular weight is 565 g/mol. The fraction of sp³-hybridized carbons (Fsp3) is 0.471. The Balaban J connectivity index is 0.000000500. The van der Waals surface area contributed by atoms with Gasteiger partial charge in [0.05, 0.1) is 16.8 Å². The van der Waals surface area contributed by atoms with Crippen LogP contribution >= 0.6 is 0 Å². The van der Waals surface area contributed by atoms with Crippen LogP contribution in [0.4, 0.5) is 4.39 Å². The van der Waals surface area contributed by atoms with Crippen molar-refractivity contribution in [2.24, 2.45) is 10.4 Å². The molecule has 2 heterocycles. The van der Waals surface area contributed by atoms with Gasteiger partial charge in [-0.25, -0.2) is 9.38 Å². The Kier molecular flexibility index (Phi) is 15.5. The van der Waals surface area contributed by atoms with Gasteiger partial charge in [0.25, 0.3) is 0 Å². The second kappa shape index (κ2) is 17.9. The molecule has 0 spiro atoms. The van der Waals surface area contributed by atoms with Crippen molar-refractivity contribution in [2.75, 3.05) is 0 Å². The summed E-state index contributed by atoms with van der Waals surface area (Å²) in [5.41, 5.74) is 4.44. The molecule has 0 atom stereocenters. The number of unbranched alkanes of at least 4 members (excludes halogenated alkanes) is 3. The Labute approximate surface area is 246 Å². The molecule has 41 heavy (non-hydrogen) atoms. The minimum Gasteiger partial charge on any atom is -0.364 e. The Hall–Kier alpha value is -3.61. The second-order valence-electron chi connectivity index (χ2n) is 10.5. The number of rotatable bonds is 10. The van der Waals surface area contributed by atoms with Gasteiger partial charge in [-0.05, 0) is 77.2 Å². The number of carbonyl (C=O) groups is 1. The predicted octanol–water partition coefficient (Wildman–Crippen LogP) is 9.26. The number of hydrogen-bond acceptors (Lipinski definition) is 5. The van der Waals surface area contributed by atoms with E-state index >= 15 is 0 Å². The van der Waals surface area contributed by atoms with Crippen LogP contribution < -0.4 is 5.32 Å². The standard InChI is InChI=1S/C21H28N4O2.C11H15F.C2H6/c1-7-8-9-17(15(22)12-14(4)16-10-11-27-25-16)23-19-18(13(2)3)21(5,6)20(26)24-19;1-2-3-4-7-10-8-5-6-9-11(10)12;1-2/h9-12,22H,7-8H2,1-6H3,(H,23,24,26);5-6,8-9H,2-4,7H2,1H3;1-2H3/b14-12+,17-9-,22-15?;;. The van der Waals surface area contributed by atoms with Crippen molar-refractivity contribution in [3.05, 3.63) is 82.7 Å². The van der Waals surface area contributed by atoms with E-state index in [1.807, 2.05) is 66.7 Å². The maximum absolute atomic E-state index is 13.0. The largest absolute Gasteiger partial charge is 0.364 e. The number of halogens is 1. The van der Waals surface area contributed by atoms with Crippen LogP contribution in [0.1, 0.15) is 106 Å². The van der Waals surface area contributed by atoms with Crippen molar-refractivity contribution >= 4 is 23.0 Å². The first-order valence-corrected chi connectivity index (χ1v) is 14.7. The number of allylic oxidation sites excluding steroid dienone is 4.